The molecule has 0 radical (unpaired) electrons. The fourth-order valence-electron chi connectivity index (χ4n) is 6.54. The summed E-state index contributed by atoms with van der Waals surface area (Å²) in [7, 11) is 1.49. The van der Waals surface area contributed by atoms with Crippen LogP contribution in [0.3, 0.4) is 0 Å². The standard InChI is InChI=1S/C25H24ClN3O4/c1-12-6-7-16-14(9-12)25(24(32)27-16)21-20(17-5-4-8-28(17)25)22(30)29(23(21)31)18-10-13(2)15(26)11-19(18)33-3/h6-7,9-11,17,20-21H,4-5,8H2,1-3H3,(H,27,32)/t17-,20+,21+,25+/m0/s1. The Bertz CT molecular complexity index is 1260. The van der Waals surface area contributed by atoms with E-state index in [9.17, 15) is 14.4 Å². The fraction of sp³-hybridized carbons (Fsp3) is 0.400. The number of imide groups is 1. The summed E-state index contributed by atoms with van der Waals surface area (Å²) in [4.78, 5) is 45.0. The van der Waals surface area contributed by atoms with Gasteiger partial charge >= 0.3 is 0 Å². The Morgan fingerprint density at radius 1 is 1.12 bits per heavy atom. The highest BCUT2D eigenvalue weighted by atomic mass is 35.5. The highest BCUT2D eigenvalue weighted by Gasteiger charge is 2.74. The molecule has 0 aromatic heterocycles. The van der Waals surface area contributed by atoms with Gasteiger partial charge in [-0.15, -0.1) is 0 Å². The lowest BCUT2D eigenvalue weighted by molar-refractivity contribution is -0.135. The molecule has 2 aromatic rings. The first-order chi connectivity index (χ1) is 15.8. The Kier molecular flexibility index (Phi) is 4.27. The van der Waals surface area contributed by atoms with Gasteiger partial charge in [-0.05, 0) is 50.9 Å². The van der Waals surface area contributed by atoms with Crippen LogP contribution in [-0.2, 0) is 19.9 Å². The van der Waals surface area contributed by atoms with Crippen LogP contribution in [0.25, 0.3) is 0 Å². The van der Waals surface area contributed by atoms with Crippen molar-refractivity contribution in [1.29, 1.82) is 0 Å². The zero-order chi connectivity index (χ0) is 23.2. The number of nitrogens with one attached hydrogen (secondary N) is 1. The van der Waals surface area contributed by atoms with Crippen LogP contribution >= 0.6 is 11.6 Å². The van der Waals surface area contributed by atoms with E-state index in [1.54, 1.807) is 12.1 Å². The largest absolute Gasteiger partial charge is 0.495 e. The summed E-state index contributed by atoms with van der Waals surface area (Å²) in [5.41, 5.74) is 2.47. The first-order valence-electron chi connectivity index (χ1n) is 11.2. The Balaban J connectivity index is 1.56. The van der Waals surface area contributed by atoms with Gasteiger partial charge in [0.25, 0.3) is 0 Å². The number of carbonyl (C=O) groups is 3. The summed E-state index contributed by atoms with van der Waals surface area (Å²) >= 11 is 6.27. The van der Waals surface area contributed by atoms with Crippen LogP contribution in [0.5, 0.6) is 5.75 Å². The molecule has 8 heteroatoms. The first kappa shape index (κ1) is 20.7. The van der Waals surface area contributed by atoms with Gasteiger partial charge in [-0.2, -0.15) is 0 Å². The number of amides is 3. The molecule has 2 aromatic carbocycles. The van der Waals surface area contributed by atoms with E-state index in [2.05, 4.69) is 10.2 Å². The van der Waals surface area contributed by atoms with E-state index in [0.29, 0.717) is 23.0 Å². The molecule has 1 spiro atoms. The van der Waals surface area contributed by atoms with E-state index in [0.717, 1.165) is 35.2 Å². The van der Waals surface area contributed by atoms with Crippen molar-refractivity contribution >= 4 is 40.7 Å². The highest BCUT2D eigenvalue weighted by molar-refractivity contribution is 6.32. The molecule has 1 N–H and O–H groups in total. The van der Waals surface area contributed by atoms with Crippen LogP contribution in [0.4, 0.5) is 11.4 Å². The second-order valence-electron chi connectivity index (χ2n) is 9.46. The highest BCUT2D eigenvalue weighted by Crippen LogP contribution is 2.61. The molecule has 0 bridgehead atoms. The molecule has 170 valence electrons. The monoisotopic (exact) mass is 465 g/mol. The van der Waals surface area contributed by atoms with E-state index in [1.807, 2.05) is 32.0 Å². The van der Waals surface area contributed by atoms with Crippen molar-refractivity contribution in [1.82, 2.24) is 4.90 Å². The van der Waals surface area contributed by atoms with Crippen molar-refractivity contribution in [2.24, 2.45) is 11.8 Å². The summed E-state index contributed by atoms with van der Waals surface area (Å²) in [6, 6.07) is 9.00. The molecule has 33 heavy (non-hydrogen) atoms. The molecule has 6 rings (SSSR count). The number of methoxy groups -OCH3 is 1. The van der Waals surface area contributed by atoms with Gasteiger partial charge in [-0.25, -0.2) is 4.90 Å². The summed E-state index contributed by atoms with van der Waals surface area (Å²) in [5.74, 6) is -1.87. The number of hydrogen-bond acceptors (Lipinski definition) is 5. The van der Waals surface area contributed by atoms with Gasteiger partial charge < -0.3 is 10.1 Å². The van der Waals surface area contributed by atoms with Crippen LogP contribution < -0.4 is 15.0 Å². The van der Waals surface area contributed by atoms with Gasteiger partial charge in [-0.1, -0.05) is 29.3 Å². The second-order valence-corrected chi connectivity index (χ2v) is 9.87. The number of nitrogens with zero attached hydrogens (tertiary/aromatic N) is 2. The third-order valence-corrected chi connectivity index (χ3v) is 8.26. The summed E-state index contributed by atoms with van der Waals surface area (Å²) in [6.45, 7) is 4.48. The van der Waals surface area contributed by atoms with E-state index in [-0.39, 0.29) is 23.8 Å². The van der Waals surface area contributed by atoms with Gasteiger partial charge in [0.2, 0.25) is 17.7 Å². The normalized spacial score (nSPS) is 30.1. The van der Waals surface area contributed by atoms with Crippen molar-refractivity contribution in [2.45, 2.75) is 38.3 Å². The zero-order valence-corrected chi connectivity index (χ0v) is 19.4. The van der Waals surface area contributed by atoms with E-state index < -0.39 is 17.4 Å². The summed E-state index contributed by atoms with van der Waals surface area (Å²) in [5, 5.41) is 3.50. The third-order valence-electron chi connectivity index (χ3n) is 7.85. The molecular formula is C25H24ClN3O4. The molecule has 0 saturated carbocycles. The number of rotatable bonds is 2. The third kappa shape index (κ3) is 2.41. The van der Waals surface area contributed by atoms with Crippen LogP contribution in [-0.4, -0.2) is 42.3 Å². The Morgan fingerprint density at radius 3 is 2.67 bits per heavy atom. The number of aryl methyl sites for hydroxylation is 2. The molecule has 7 nitrogen and oxygen atoms in total. The molecule has 4 aliphatic heterocycles. The molecule has 4 atom stereocenters. The lowest BCUT2D eigenvalue weighted by Gasteiger charge is -2.36. The Hall–Kier alpha value is -2.90. The molecule has 0 unspecified atom stereocenters. The molecule has 3 saturated heterocycles. The van der Waals surface area contributed by atoms with Gasteiger partial charge in [-0.3, -0.25) is 19.3 Å². The van der Waals surface area contributed by atoms with Crippen molar-refractivity contribution in [3.05, 3.63) is 52.0 Å². The smallest absolute Gasteiger partial charge is 0.250 e. The van der Waals surface area contributed by atoms with Crippen molar-refractivity contribution in [2.75, 3.05) is 23.9 Å². The predicted molar refractivity (Wildman–Crippen MR) is 123 cm³/mol. The van der Waals surface area contributed by atoms with E-state index in [1.165, 1.54) is 12.0 Å². The van der Waals surface area contributed by atoms with Crippen molar-refractivity contribution < 1.29 is 19.1 Å². The number of carbonyl (C=O) groups excluding carboxylic acids is 3. The Labute approximate surface area is 196 Å². The quantitative estimate of drug-likeness (QED) is 0.688. The minimum atomic E-state index is -1.18. The number of benzene rings is 2. The second kappa shape index (κ2) is 6.81. The number of halogens is 1. The van der Waals surface area contributed by atoms with Crippen LogP contribution in [0.15, 0.2) is 30.3 Å². The zero-order valence-electron chi connectivity index (χ0n) is 18.6. The molecule has 3 amide bonds. The lowest BCUT2D eigenvalue weighted by atomic mass is 9.75. The van der Waals surface area contributed by atoms with Crippen molar-refractivity contribution in [3.8, 4) is 5.75 Å². The fourth-order valence-corrected chi connectivity index (χ4v) is 6.69. The maximum atomic E-state index is 14.1. The Morgan fingerprint density at radius 2 is 1.91 bits per heavy atom. The van der Waals surface area contributed by atoms with E-state index in [4.69, 9.17) is 16.3 Å². The number of fused-ring (bicyclic) bond motifs is 7. The van der Waals surface area contributed by atoms with Crippen molar-refractivity contribution in [3.63, 3.8) is 0 Å². The number of hydrogen-bond donors (Lipinski definition) is 1. The first-order valence-corrected chi connectivity index (χ1v) is 11.6. The van der Waals surface area contributed by atoms with Crippen LogP contribution in [0, 0.1) is 25.7 Å². The summed E-state index contributed by atoms with van der Waals surface area (Å²) in [6.07, 6.45) is 1.66. The molecule has 4 heterocycles. The minimum absolute atomic E-state index is 0.159. The predicted octanol–water partition coefficient (Wildman–Crippen LogP) is 3.40. The maximum Gasteiger partial charge on any atom is 0.250 e. The number of anilines is 2. The maximum absolute atomic E-state index is 14.1. The molecule has 4 aliphatic rings. The summed E-state index contributed by atoms with van der Waals surface area (Å²) < 4.78 is 5.49. The van der Waals surface area contributed by atoms with Gasteiger partial charge in [0.1, 0.15) is 11.3 Å². The minimum Gasteiger partial charge on any atom is -0.495 e. The van der Waals surface area contributed by atoms with Crippen LogP contribution in [0.2, 0.25) is 5.02 Å². The molecule has 3 fully saturated rings. The van der Waals surface area contributed by atoms with E-state index >= 15 is 0 Å². The SMILES string of the molecule is COc1cc(Cl)c(C)cc1N1C(=O)[C@@H]2[C@@H]3CCCN3[C@@]3(C(=O)Nc4ccc(C)cc43)[C@H]2C1=O. The number of ether oxygens (including phenoxy) is 1. The topological polar surface area (TPSA) is 79.0 Å². The van der Waals surface area contributed by atoms with Gasteiger partial charge in [0.05, 0.1) is 24.6 Å². The van der Waals surface area contributed by atoms with Crippen LogP contribution in [0.1, 0.15) is 29.5 Å². The lowest BCUT2D eigenvalue weighted by Crippen LogP contribution is -2.54. The molecule has 0 aliphatic carbocycles. The average molecular weight is 466 g/mol. The van der Waals surface area contributed by atoms with Gasteiger partial charge in [0.15, 0.2) is 0 Å². The van der Waals surface area contributed by atoms with Gasteiger partial charge in [0, 0.05) is 28.4 Å². The average Bonchev–Trinajstić information content (AvgIpc) is 3.48. The molecular weight excluding hydrogens is 442 g/mol.